The summed E-state index contributed by atoms with van der Waals surface area (Å²) in [7, 11) is 0. The molecule has 0 amide bonds. The molecule has 19 heavy (non-hydrogen) atoms. The third kappa shape index (κ3) is 1.50. The molecule has 1 aromatic heterocycles. The van der Waals surface area contributed by atoms with Gasteiger partial charge in [0.1, 0.15) is 5.39 Å². The molecule has 0 spiro atoms. The molecule has 0 aliphatic carbocycles. The van der Waals surface area contributed by atoms with Crippen LogP contribution < -0.4 is 0 Å². The molecule has 0 aliphatic heterocycles. The molecule has 8 heteroatoms. The summed E-state index contributed by atoms with van der Waals surface area (Å²) in [6, 6.07) is 5.62. The van der Waals surface area contributed by atoms with Crippen LogP contribution in [0.4, 0.5) is 11.4 Å². The molecule has 0 saturated heterocycles. The van der Waals surface area contributed by atoms with Gasteiger partial charge in [0.05, 0.1) is 21.6 Å². The first-order chi connectivity index (χ1) is 9.09. The van der Waals surface area contributed by atoms with Crippen molar-refractivity contribution < 1.29 is 9.85 Å². The Morgan fingerprint density at radius 1 is 1.11 bits per heavy atom. The summed E-state index contributed by atoms with van der Waals surface area (Å²) in [5.74, 6) is 0. The molecule has 0 bridgehead atoms. The number of hydrogen-bond donors (Lipinski definition) is 1. The highest BCUT2D eigenvalue weighted by Gasteiger charge is 2.24. The lowest BCUT2D eigenvalue weighted by Crippen LogP contribution is -1.95. The van der Waals surface area contributed by atoms with Gasteiger partial charge in [-0.3, -0.25) is 25.3 Å². The van der Waals surface area contributed by atoms with Crippen LogP contribution in [0.25, 0.3) is 21.7 Å². The maximum Gasteiger partial charge on any atom is 0.284 e. The van der Waals surface area contributed by atoms with Crippen LogP contribution in [0, 0.1) is 20.2 Å². The minimum Gasteiger partial charge on any atom is -0.277 e. The highest BCUT2D eigenvalue weighted by atomic mass is 16.6. The Morgan fingerprint density at radius 3 is 2.53 bits per heavy atom. The van der Waals surface area contributed by atoms with Crippen LogP contribution in [0.5, 0.6) is 0 Å². The number of nitrogens with zero attached hydrogens (tertiary/aromatic N) is 3. The lowest BCUT2D eigenvalue weighted by molar-refractivity contribution is -0.390. The zero-order valence-electron chi connectivity index (χ0n) is 9.36. The molecule has 8 nitrogen and oxygen atoms in total. The van der Waals surface area contributed by atoms with E-state index < -0.39 is 9.85 Å². The van der Waals surface area contributed by atoms with E-state index in [1.165, 1.54) is 24.4 Å². The smallest absolute Gasteiger partial charge is 0.277 e. The molecular formula is C11H6N4O4. The SMILES string of the molecule is O=[N+]([O-])c1cccc2c1c([N+](=O)[O-])cc1cn[nH]c12. The molecule has 0 atom stereocenters. The monoisotopic (exact) mass is 258 g/mol. The summed E-state index contributed by atoms with van der Waals surface area (Å²) < 4.78 is 0. The maximum atomic E-state index is 11.1. The molecule has 0 unspecified atom stereocenters. The summed E-state index contributed by atoms with van der Waals surface area (Å²) in [6.07, 6.45) is 1.45. The maximum absolute atomic E-state index is 11.1. The molecule has 0 radical (unpaired) electrons. The third-order valence-corrected chi connectivity index (χ3v) is 2.92. The van der Waals surface area contributed by atoms with Gasteiger partial charge in [-0.05, 0) is 0 Å². The quantitative estimate of drug-likeness (QED) is 0.560. The van der Waals surface area contributed by atoms with Crippen molar-refractivity contribution in [1.82, 2.24) is 10.2 Å². The van der Waals surface area contributed by atoms with E-state index in [1.54, 1.807) is 6.07 Å². The zero-order chi connectivity index (χ0) is 13.6. The average molecular weight is 258 g/mol. The second-order valence-electron chi connectivity index (χ2n) is 3.94. The molecule has 1 N–H and O–H groups in total. The zero-order valence-corrected chi connectivity index (χ0v) is 9.36. The second-order valence-corrected chi connectivity index (χ2v) is 3.94. The normalized spacial score (nSPS) is 10.9. The van der Waals surface area contributed by atoms with Crippen LogP contribution in [0.2, 0.25) is 0 Å². The molecule has 0 saturated carbocycles. The van der Waals surface area contributed by atoms with Crippen molar-refractivity contribution in [3.05, 3.63) is 50.7 Å². The van der Waals surface area contributed by atoms with E-state index in [-0.39, 0.29) is 16.8 Å². The van der Waals surface area contributed by atoms with Gasteiger partial charge in [0, 0.05) is 22.9 Å². The average Bonchev–Trinajstić information content (AvgIpc) is 2.84. The Morgan fingerprint density at radius 2 is 1.84 bits per heavy atom. The highest BCUT2D eigenvalue weighted by Crippen LogP contribution is 2.37. The first kappa shape index (κ1) is 11.1. The summed E-state index contributed by atoms with van der Waals surface area (Å²) in [6.45, 7) is 0. The fraction of sp³-hybridized carbons (Fsp3) is 0. The standard InChI is InChI=1S/C11H6N4O4/c16-14(17)8-3-1-2-7-10(8)9(15(18)19)4-6-5-12-13-11(6)7/h1-5H,(H,12,13). The molecule has 0 aliphatic rings. The van der Waals surface area contributed by atoms with Crippen molar-refractivity contribution in [3.8, 4) is 0 Å². The van der Waals surface area contributed by atoms with E-state index in [1.807, 2.05) is 0 Å². The van der Waals surface area contributed by atoms with Gasteiger partial charge >= 0.3 is 0 Å². The van der Waals surface area contributed by atoms with E-state index in [0.29, 0.717) is 16.3 Å². The lowest BCUT2D eigenvalue weighted by Gasteiger charge is -2.02. The van der Waals surface area contributed by atoms with Crippen LogP contribution in [-0.2, 0) is 0 Å². The topological polar surface area (TPSA) is 115 Å². The van der Waals surface area contributed by atoms with E-state index in [4.69, 9.17) is 0 Å². The molecular weight excluding hydrogens is 252 g/mol. The largest absolute Gasteiger partial charge is 0.284 e. The lowest BCUT2D eigenvalue weighted by atomic mass is 10.0. The van der Waals surface area contributed by atoms with Gasteiger partial charge in [-0.2, -0.15) is 5.10 Å². The Hall–Kier alpha value is -3.03. The molecule has 94 valence electrons. The van der Waals surface area contributed by atoms with E-state index in [0.717, 1.165) is 0 Å². The van der Waals surface area contributed by atoms with Crippen molar-refractivity contribution in [2.75, 3.05) is 0 Å². The van der Waals surface area contributed by atoms with Crippen molar-refractivity contribution in [2.24, 2.45) is 0 Å². The van der Waals surface area contributed by atoms with E-state index >= 15 is 0 Å². The minimum absolute atomic E-state index is 0.00856. The number of nitro benzene ring substituents is 2. The number of hydrogen-bond acceptors (Lipinski definition) is 5. The van der Waals surface area contributed by atoms with E-state index in [2.05, 4.69) is 10.2 Å². The predicted molar refractivity (Wildman–Crippen MR) is 66.9 cm³/mol. The fourth-order valence-corrected chi connectivity index (χ4v) is 2.15. The molecule has 3 rings (SSSR count). The summed E-state index contributed by atoms with van der Waals surface area (Å²) in [5, 5.41) is 29.6. The first-order valence-corrected chi connectivity index (χ1v) is 5.27. The first-order valence-electron chi connectivity index (χ1n) is 5.27. The summed E-state index contributed by atoms with van der Waals surface area (Å²) in [5.41, 5.74) is -0.0406. The number of nitrogens with one attached hydrogen (secondary N) is 1. The van der Waals surface area contributed by atoms with Crippen LogP contribution in [0.15, 0.2) is 30.5 Å². The number of fused-ring (bicyclic) bond motifs is 3. The van der Waals surface area contributed by atoms with E-state index in [9.17, 15) is 20.2 Å². The number of non-ortho nitro benzene ring substituents is 2. The van der Waals surface area contributed by atoms with Gasteiger partial charge in [-0.1, -0.05) is 12.1 Å². The van der Waals surface area contributed by atoms with Crippen LogP contribution in [0.1, 0.15) is 0 Å². The van der Waals surface area contributed by atoms with Gasteiger partial charge in [0.25, 0.3) is 11.4 Å². The number of rotatable bonds is 2. The minimum atomic E-state index is -0.627. The number of aromatic amines is 1. The highest BCUT2D eigenvalue weighted by molar-refractivity contribution is 6.12. The second kappa shape index (κ2) is 3.73. The Balaban J connectivity index is 2.61. The van der Waals surface area contributed by atoms with Crippen LogP contribution in [0.3, 0.4) is 0 Å². The molecule has 2 aromatic carbocycles. The van der Waals surface area contributed by atoms with Gasteiger partial charge in [0.15, 0.2) is 0 Å². The molecule has 3 aromatic rings. The number of nitro groups is 2. The van der Waals surface area contributed by atoms with Crippen molar-refractivity contribution in [2.45, 2.75) is 0 Å². The van der Waals surface area contributed by atoms with Gasteiger partial charge in [-0.25, -0.2) is 0 Å². The van der Waals surface area contributed by atoms with Gasteiger partial charge in [-0.15, -0.1) is 0 Å². The third-order valence-electron chi connectivity index (χ3n) is 2.92. The molecule has 1 heterocycles. The van der Waals surface area contributed by atoms with Crippen LogP contribution in [-0.4, -0.2) is 20.0 Å². The summed E-state index contributed by atoms with van der Waals surface area (Å²) >= 11 is 0. The van der Waals surface area contributed by atoms with Gasteiger partial charge in [0.2, 0.25) is 0 Å². The predicted octanol–water partition coefficient (Wildman–Crippen LogP) is 2.53. The van der Waals surface area contributed by atoms with Crippen molar-refractivity contribution in [1.29, 1.82) is 0 Å². The van der Waals surface area contributed by atoms with Crippen molar-refractivity contribution >= 4 is 33.1 Å². The van der Waals surface area contributed by atoms with Crippen molar-refractivity contribution in [3.63, 3.8) is 0 Å². The van der Waals surface area contributed by atoms with Crippen LogP contribution >= 0.6 is 0 Å². The Kier molecular flexibility index (Phi) is 2.18. The number of aromatic nitrogens is 2. The summed E-state index contributed by atoms with van der Waals surface area (Å²) in [4.78, 5) is 20.9. The Labute approximate surface area is 104 Å². The number of benzene rings is 2. The Bertz CT molecular complexity index is 839. The fourth-order valence-electron chi connectivity index (χ4n) is 2.15. The number of H-pyrrole nitrogens is 1. The molecule has 0 fully saturated rings. The van der Waals surface area contributed by atoms with Gasteiger partial charge < -0.3 is 0 Å².